The lowest BCUT2D eigenvalue weighted by Gasteiger charge is -2.39. The predicted octanol–water partition coefficient (Wildman–Crippen LogP) is 4.49. The molecule has 1 saturated heterocycles. The highest BCUT2D eigenvalue weighted by Gasteiger charge is 2.48. The molecule has 2 fully saturated rings. The van der Waals surface area contributed by atoms with Crippen molar-refractivity contribution in [1.29, 1.82) is 0 Å². The highest BCUT2D eigenvalue weighted by Crippen LogP contribution is 2.50. The van der Waals surface area contributed by atoms with Crippen molar-refractivity contribution in [3.63, 3.8) is 0 Å². The first-order chi connectivity index (χ1) is 18.5. The first-order valence-electron chi connectivity index (χ1n) is 14.0. The second kappa shape index (κ2) is 10.6. The Morgan fingerprint density at radius 3 is 2.71 bits per heavy atom. The van der Waals surface area contributed by atoms with Gasteiger partial charge in [-0.05, 0) is 75.3 Å². The van der Waals surface area contributed by atoms with E-state index in [0.29, 0.717) is 18.1 Å². The van der Waals surface area contributed by atoms with Crippen LogP contribution in [0.3, 0.4) is 0 Å². The third kappa shape index (κ3) is 4.90. The Labute approximate surface area is 224 Å². The number of nitrogens with one attached hydrogen (secondary N) is 1. The van der Waals surface area contributed by atoms with E-state index in [1.807, 2.05) is 49.4 Å². The average Bonchev–Trinajstić information content (AvgIpc) is 3.72. The Morgan fingerprint density at radius 2 is 1.95 bits per heavy atom. The molecule has 202 valence electrons. The molecule has 2 N–H and O–H groups in total. The standard InChI is InChI=1S/C31H38N2O5/c1-3-26-28-23-13-14-33(17-21-9-10-21)24(15-22-11-12-25(34)29(27(22)23)37-18-36-26)19(2)38-30(28)31(35)32-16-20-7-5-4-6-8-20/h3-8,11-12,19,21,23-24,28,30,34H,9-10,13-18H2,1-2H3,(H,32,35)/b26-3+/t19?,23?,24?,28?,30-/m0/s1. The van der Waals surface area contributed by atoms with Crippen LogP contribution in [-0.2, 0) is 27.2 Å². The molecule has 1 saturated carbocycles. The Hall–Kier alpha value is -3.03. The van der Waals surface area contributed by atoms with E-state index in [1.54, 1.807) is 6.07 Å². The molecule has 7 nitrogen and oxygen atoms in total. The van der Waals surface area contributed by atoms with Crippen molar-refractivity contribution in [3.05, 3.63) is 71.0 Å². The van der Waals surface area contributed by atoms with Gasteiger partial charge in [0, 0.05) is 30.6 Å². The molecule has 0 spiro atoms. The zero-order valence-electron chi connectivity index (χ0n) is 22.3. The SMILES string of the molecule is C/C=C1/OCOc2c(O)ccc3c2C2CCN(CC4CC4)C(C3)C(C)O[C@H](C(=O)NCc3ccccc3)C12. The molecule has 38 heavy (non-hydrogen) atoms. The van der Waals surface area contributed by atoms with Crippen LogP contribution in [0.25, 0.3) is 0 Å². The van der Waals surface area contributed by atoms with Crippen LogP contribution in [0.4, 0.5) is 0 Å². The number of ether oxygens (including phenoxy) is 3. The van der Waals surface area contributed by atoms with Crippen LogP contribution in [0.2, 0.25) is 0 Å². The molecule has 4 heterocycles. The van der Waals surface area contributed by atoms with Crippen LogP contribution in [0.15, 0.2) is 54.3 Å². The van der Waals surface area contributed by atoms with Gasteiger partial charge in [0.15, 0.2) is 11.5 Å². The van der Waals surface area contributed by atoms with E-state index in [0.717, 1.165) is 48.5 Å². The number of nitrogens with zero attached hydrogens (tertiary/aromatic N) is 1. The number of fused-ring (bicyclic) bond motifs is 4. The van der Waals surface area contributed by atoms with E-state index < -0.39 is 6.10 Å². The monoisotopic (exact) mass is 518 g/mol. The number of phenols is 1. The Balaban J connectivity index is 1.45. The largest absolute Gasteiger partial charge is 0.504 e. The number of benzene rings is 2. The number of phenolic OH excluding ortho intramolecular Hbond substituents is 1. The van der Waals surface area contributed by atoms with Crippen LogP contribution in [0.1, 0.15) is 55.7 Å². The lowest BCUT2D eigenvalue weighted by Crippen LogP contribution is -2.49. The van der Waals surface area contributed by atoms with Gasteiger partial charge in [0.1, 0.15) is 11.9 Å². The number of aromatic hydroxyl groups is 1. The molecule has 1 aliphatic carbocycles. The summed E-state index contributed by atoms with van der Waals surface area (Å²) in [5.74, 6) is 1.46. The quantitative estimate of drug-likeness (QED) is 0.607. The summed E-state index contributed by atoms with van der Waals surface area (Å²) in [7, 11) is 0. The summed E-state index contributed by atoms with van der Waals surface area (Å²) in [6.45, 7) is 6.41. The molecule has 5 atom stereocenters. The number of carbonyl (C=O) groups is 1. The van der Waals surface area contributed by atoms with E-state index >= 15 is 0 Å². The summed E-state index contributed by atoms with van der Waals surface area (Å²) in [5.41, 5.74) is 3.21. The topological polar surface area (TPSA) is 80.3 Å². The first-order valence-corrected chi connectivity index (χ1v) is 14.0. The van der Waals surface area contributed by atoms with Gasteiger partial charge in [-0.15, -0.1) is 0 Å². The maximum Gasteiger partial charge on any atom is 0.250 e. The van der Waals surface area contributed by atoms with Crippen molar-refractivity contribution in [3.8, 4) is 11.5 Å². The van der Waals surface area contributed by atoms with E-state index in [-0.39, 0.29) is 42.4 Å². The number of carbonyl (C=O) groups excluding carboxylic acids is 1. The molecule has 4 aliphatic heterocycles. The molecular weight excluding hydrogens is 480 g/mol. The maximum absolute atomic E-state index is 14.0. The van der Waals surface area contributed by atoms with Crippen molar-refractivity contribution in [1.82, 2.24) is 10.2 Å². The minimum atomic E-state index is -0.743. The van der Waals surface area contributed by atoms with Gasteiger partial charge in [-0.3, -0.25) is 9.69 Å². The van der Waals surface area contributed by atoms with Gasteiger partial charge < -0.3 is 24.6 Å². The second-order valence-electron chi connectivity index (χ2n) is 11.2. The van der Waals surface area contributed by atoms with Crippen molar-refractivity contribution in [2.45, 2.75) is 70.2 Å². The average molecular weight is 519 g/mol. The molecule has 7 rings (SSSR count). The summed E-state index contributed by atoms with van der Waals surface area (Å²) in [4.78, 5) is 16.6. The number of hydrogen-bond acceptors (Lipinski definition) is 6. The summed E-state index contributed by atoms with van der Waals surface area (Å²) in [6.07, 6.45) is 5.20. The molecule has 4 bridgehead atoms. The summed E-state index contributed by atoms with van der Waals surface area (Å²) in [6, 6.07) is 13.8. The third-order valence-electron chi connectivity index (χ3n) is 8.72. The Kier molecular flexibility index (Phi) is 7.06. The van der Waals surface area contributed by atoms with E-state index in [4.69, 9.17) is 14.2 Å². The zero-order chi connectivity index (χ0) is 26.2. The van der Waals surface area contributed by atoms with Crippen molar-refractivity contribution < 1.29 is 24.1 Å². The normalized spacial score (nSPS) is 30.1. The lowest BCUT2D eigenvalue weighted by atomic mass is 9.74. The van der Waals surface area contributed by atoms with Crippen LogP contribution < -0.4 is 10.1 Å². The number of amides is 1. The van der Waals surface area contributed by atoms with Gasteiger partial charge in [0.25, 0.3) is 0 Å². The molecule has 2 aromatic carbocycles. The zero-order valence-corrected chi connectivity index (χ0v) is 22.3. The van der Waals surface area contributed by atoms with Gasteiger partial charge in [-0.2, -0.15) is 0 Å². The summed E-state index contributed by atoms with van der Waals surface area (Å²) >= 11 is 0. The highest BCUT2D eigenvalue weighted by atomic mass is 16.7. The Bertz CT molecular complexity index is 1190. The fraction of sp³-hybridized carbons (Fsp3) is 0.516. The van der Waals surface area contributed by atoms with E-state index in [1.165, 1.54) is 12.8 Å². The first kappa shape index (κ1) is 25.3. The molecule has 7 heteroatoms. The summed E-state index contributed by atoms with van der Waals surface area (Å²) < 4.78 is 19.0. The smallest absolute Gasteiger partial charge is 0.250 e. The van der Waals surface area contributed by atoms with E-state index in [2.05, 4.69) is 17.1 Å². The molecular formula is C31H38N2O5. The van der Waals surface area contributed by atoms with Gasteiger partial charge in [0.05, 0.1) is 12.0 Å². The highest BCUT2D eigenvalue weighted by molar-refractivity contribution is 5.82. The fourth-order valence-electron chi connectivity index (χ4n) is 6.62. The molecule has 4 unspecified atom stereocenters. The minimum Gasteiger partial charge on any atom is -0.504 e. The minimum absolute atomic E-state index is 0.0297. The van der Waals surface area contributed by atoms with Crippen LogP contribution in [0, 0.1) is 11.8 Å². The number of rotatable bonds is 5. The van der Waals surface area contributed by atoms with Crippen LogP contribution >= 0.6 is 0 Å². The number of allylic oxidation sites excluding steroid dienone is 1. The van der Waals surface area contributed by atoms with Gasteiger partial charge in [-0.25, -0.2) is 0 Å². The van der Waals surface area contributed by atoms with E-state index in [9.17, 15) is 9.90 Å². The molecule has 5 aliphatic rings. The van der Waals surface area contributed by atoms with Crippen molar-refractivity contribution >= 4 is 5.91 Å². The third-order valence-corrected chi connectivity index (χ3v) is 8.72. The van der Waals surface area contributed by atoms with Gasteiger partial charge in [-0.1, -0.05) is 36.4 Å². The Morgan fingerprint density at radius 1 is 1.13 bits per heavy atom. The van der Waals surface area contributed by atoms with Crippen LogP contribution in [0.5, 0.6) is 11.5 Å². The van der Waals surface area contributed by atoms with Crippen LogP contribution in [-0.4, -0.2) is 54.0 Å². The maximum atomic E-state index is 14.0. The molecule has 2 aromatic rings. The second-order valence-corrected chi connectivity index (χ2v) is 11.2. The van der Waals surface area contributed by atoms with Gasteiger partial charge >= 0.3 is 0 Å². The van der Waals surface area contributed by atoms with Gasteiger partial charge in [0.2, 0.25) is 12.7 Å². The fourth-order valence-corrected chi connectivity index (χ4v) is 6.62. The number of hydrogen-bond donors (Lipinski definition) is 2. The molecule has 0 radical (unpaired) electrons. The van der Waals surface area contributed by atoms with Crippen molar-refractivity contribution in [2.24, 2.45) is 11.8 Å². The molecule has 0 aromatic heterocycles. The summed E-state index contributed by atoms with van der Waals surface area (Å²) in [5, 5.41) is 14.0. The molecule has 1 amide bonds. The predicted molar refractivity (Wildman–Crippen MR) is 144 cm³/mol. The van der Waals surface area contributed by atoms with Crippen molar-refractivity contribution in [2.75, 3.05) is 19.9 Å². The lowest BCUT2D eigenvalue weighted by molar-refractivity contribution is -0.145.